The van der Waals surface area contributed by atoms with Crippen LogP contribution in [-0.2, 0) is 19.6 Å². The van der Waals surface area contributed by atoms with Gasteiger partial charge in [-0.15, -0.1) is 0 Å². The number of rotatable bonds is 9. The molecule has 0 unspecified atom stereocenters. The molecule has 3 rings (SSSR count). The van der Waals surface area contributed by atoms with Crippen LogP contribution in [0.3, 0.4) is 0 Å². The van der Waals surface area contributed by atoms with Crippen LogP contribution in [0.2, 0.25) is 0 Å². The van der Waals surface area contributed by atoms with Gasteiger partial charge in [-0.2, -0.15) is 0 Å². The van der Waals surface area contributed by atoms with Crippen LogP contribution >= 0.6 is 0 Å². The van der Waals surface area contributed by atoms with Gasteiger partial charge in [0.25, 0.3) is 5.91 Å². The van der Waals surface area contributed by atoms with E-state index in [1.165, 1.54) is 24.0 Å². The van der Waals surface area contributed by atoms with Crippen LogP contribution in [0.25, 0.3) is 0 Å². The van der Waals surface area contributed by atoms with Crippen LogP contribution in [0.5, 0.6) is 0 Å². The molecule has 0 aliphatic heterocycles. The van der Waals surface area contributed by atoms with E-state index < -0.39 is 0 Å². The van der Waals surface area contributed by atoms with Crippen LogP contribution in [-0.4, -0.2) is 22.3 Å². The highest BCUT2D eigenvalue weighted by molar-refractivity contribution is 5.91. The molecule has 5 nitrogen and oxygen atoms in total. The molecule has 0 fully saturated rings. The Morgan fingerprint density at radius 1 is 1.03 bits per heavy atom. The largest absolute Gasteiger partial charge is 0.447 e. The number of oxazole rings is 1. The molecule has 2 aromatic carbocycles. The highest BCUT2D eigenvalue weighted by Crippen LogP contribution is 2.18. The lowest BCUT2D eigenvalue weighted by Crippen LogP contribution is -2.24. The molecule has 6 heteroatoms. The Kier molecular flexibility index (Phi) is 7.36. The number of nitrogens with zero attached hydrogens (tertiary/aromatic N) is 2. The molecule has 30 heavy (non-hydrogen) atoms. The summed E-state index contributed by atoms with van der Waals surface area (Å²) in [4.78, 5) is 18.4. The minimum atomic E-state index is -0.256. The van der Waals surface area contributed by atoms with E-state index in [2.05, 4.69) is 53.3 Å². The zero-order valence-electron chi connectivity index (χ0n) is 17.7. The molecule has 0 bridgehead atoms. The number of carbonyl (C=O) groups excluding carboxylic acids is 1. The molecule has 0 saturated carbocycles. The highest BCUT2D eigenvalue weighted by atomic mass is 19.1. The van der Waals surface area contributed by atoms with Gasteiger partial charge in [-0.05, 0) is 41.7 Å². The van der Waals surface area contributed by atoms with Gasteiger partial charge in [-0.25, -0.2) is 9.37 Å². The van der Waals surface area contributed by atoms with E-state index in [-0.39, 0.29) is 17.4 Å². The maximum atomic E-state index is 13.3. The predicted molar refractivity (Wildman–Crippen MR) is 114 cm³/mol. The van der Waals surface area contributed by atoms with Gasteiger partial charge in [0.05, 0.1) is 6.54 Å². The fourth-order valence-corrected chi connectivity index (χ4v) is 3.21. The third-order valence-electron chi connectivity index (χ3n) is 4.85. The quantitative estimate of drug-likeness (QED) is 0.547. The summed E-state index contributed by atoms with van der Waals surface area (Å²) in [6.45, 7) is 8.44. The molecule has 1 aromatic heterocycles. The summed E-state index contributed by atoms with van der Waals surface area (Å²) in [5.41, 5.74) is 3.72. The van der Waals surface area contributed by atoms with Gasteiger partial charge >= 0.3 is 0 Å². The van der Waals surface area contributed by atoms with Crippen molar-refractivity contribution in [1.29, 1.82) is 0 Å². The lowest BCUT2D eigenvalue weighted by molar-refractivity contribution is 0.0950. The van der Waals surface area contributed by atoms with Crippen molar-refractivity contribution < 1.29 is 13.6 Å². The van der Waals surface area contributed by atoms with Gasteiger partial charge in [-0.1, -0.05) is 50.2 Å². The second kappa shape index (κ2) is 10.2. The Balaban J connectivity index is 1.76. The third-order valence-corrected chi connectivity index (χ3v) is 4.85. The number of nitrogens with one attached hydrogen (secondary N) is 1. The monoisotopic (exact) mass is 409 g/mol. The van der Waals surface area contributed by atoms with Crippen molar-refractivity contribution in [2.45, 2.75) is 46.3 Å². The van der Waals surface area contributed by atoms with E-state index in [9.17, 15) is 9.18 Å². The zero-order chi connectivity index (χ0) is 21.5. The number of halogens is 1. The van der Waals surface area contributed by atoms with Gasteiger partial charge in [0, 0.05) is 19.6 Å². The first kappa shape index (κ1) is 21.7. The second-order valence-electron chi connectivity index (χ2n) is 7.65. The number of aromatic nitrogens is 1. The minimum absolute atomic E-state index is 0.248. The predicted octanol–water partition coefficient (Wildman–Crippen LogP) is 4.89. The van der Waals surface area contributed by atoms with Gasteiger partial charge in [0.2, 0.25) is 5.89 Å². The first-order valence-corrected chi connectivity index (χ1v) is 10.2. The molecule has 1 amide bonds. The molecule has 0 spiro atoms. The number of hydrogen-bond donors (Lipinski definition) is 1. The Morgan fingerprint density at radius 3 is 2.20 bits per heavy atom. The van der Waals surface area contributed by atoms with Crippen molar-refractivity contribution in [3.8, 4) is 0 Å². The Morgan fingerprint density at radius 2 is 1.63 bits per heavy atom. The SMILES string of the molecule is CCNC(=O)c1coc(CN(Cc2ccc(F)cc2)Cc2ccc(C(C)C)cc2)n1. The third kappa shape index (κ3) is 6.00. The van der Waals surface area contributed by atoms with Crippen molar-refractivity contribution in [2.24, 2.45) is 0 Å². The van der Waals surface area contributed by atoms with E-state index in [1.807, 2.05) is 6.92 Å². The van der Waals surface area contributed by atoms with Gasteiger partial charge in [0.15, 0.2) is 5.69 Å². The van der Waals surface area contributed by atoms with Gasteiger partial charge < -0.3 is 9.73 Å². The summed E-state index contributed by atoms with van der Waals surface area (Å²) in [7, 11) is 0. The first-order valence-electron chi connectivity index (χ1n) is 10.2. The van der Waals surface area contributed by atoms with Crippen LogP contribution in [0.4, 0.5) is 4.39 Å². The summed E-state index contributed by atoms with van der Waals surface area (Å²) in [5, 5.41) is 2.72. The molecular weight excluding hydrogens is 381 g/mol. The molecule has 0 aliphatic rings. The minimum Gasteiger partial charge on any atom is -0.447 e. The standard InChI is InChI=1S/C24H28FN3O2/c1-4-26-24(29)22-16-30-23(27-22)15-28(14-19-7-11-21(25)12-8-19)13-18-5-9-20(10-6-18)17(2)3/h5-12,16-17H,4,13-15H2,1-3H3,(H,26,29). The summed E-state index contributed by atoms with van der Waals surface area (Å²) in [6.07, 6.45) is 1.38. The van der Waals surface area contributed by atoms with E-state index in [0.29, 0.717) is 38.0 Å². The number of hydrogen-bond acceptors (Lipinski definition) is 4. The van der Waals surface area contributed by atoms with E-state index in [4.69, 9.17) is 4.42 Å². The summed E-state index contributed by atoms with van der Waals surface area (Å²) in [6, 6.07) is 15.0. The van der Waals surface area contributed by atoms with Crippen LogP contribution in [0.1, 0.15) is 59.8 Å². The molecule has 158 valence electrons. The Hall–Kier alpha value is -2.99. The molecule has 0 saturated heterocycles. The van der Waals surface area contributed by atoms with Gasteiger partial charge in [0.1, 0.15) is 12.1 Å². The first-order chi connectivity index (χ1) is 14.4. The smallest absolute Gasteiger partial charge is 0.273 e. The molecule has 3 aromatic rings. The summed E-state index contributed by atoms with van der Waals surface area (Å²) < 4.78 is 18.8. The molecule has 0 radical (unpaired) electrons. The maximum absolute atomic E-state index is 13.3. The lowest BCUT2D eigenvalue weighted by atomic mass is 10.0. The Labute approximate surface area is 176 Å². The fraction of sp³-hybridized carbons (Fsp3) is 0.333. The average molecular weight is 410 g/mol. The maximum Gasteiger partial charge on any atom is 0.273 e. The highest BCUT2D eigenvalue weighted by Gasteiger charge is 2.15. The van der Waals surface area contributed by atoms with E-state index in [0.717, 1.165) is 11.1 Å². The van der Waals surface area contributed by atoms with Crippen molar-refractivity contribution in [2.75, 3.05) is 6.54 Å². The number of amides is 1. The summed E-state index contributed by atoms with van der Waals surface area (Å²) in [5.74, 6) is 0.447. The van der Waals surface area contributed by atoms with Gasteiger partial charge in [-0.3, -0.25) is 9.69 Å². The zero-order valence-corrected chi connectivity index (χ0v) is 17.7. The molecule has 0 aliphatic carbocycles. The normalized spacial score (nSPS) is 11.3. The van der Waals surface area contributed by atoms with E-state index >= 15 is 0 Å². The number of carbonyl (C=O) groups is 1. The topological polar surface area (TPSA) is 58.4 Å². The average Bonchev–Trinajstić information content (AvgIpc) is 3.19. The van der Waals surface area contributed by atoms with Crippen LogP contribution in [0, 0.1) is 5.82 Å². The fourth-order valence-electron chi connectivity index (χ4n) is 3.21. The summed E-state index contributed by atoms with van der Waals surface area (Å²) >= 11 is 0. The molecular formula is C24H28FN3O2. The van der Waals surface area contributed by atoms with Crippen LogP contribution in [0.15, 0.2) is 59.2 Å². The molecule has 1 heterocycles. The van der Waals surface area contributed by atoms with Crippen molar-refractivity contribution in [3.05, 3.63) is 88.9 Å². The van der Waals surface area contributed by atoms with Crippen LogP contribution < -0.4 is 5.32 Å². The van der Waals surface area contributed by atoms with Crippen molar-refractivity contribution in [3.63, 3.8) is 0 Å². The molecule has 1 N–H and O–H groups in total. The second-order valence-corrected chi connectivity index (χ2v) is 7.65. The van der Waals surface area contributed by atoms with Crippen molar-refractivity contribution >= 4 is 5.91 Å². The van der Waals surface area contributed by atoms with E-state index in [1.54, 1.807) is 12.1 Å². The van der Waals surface area contributed by atoms with Crippen molar-refractivity contribution in [1.82, 2.24) is 15.2 Å². The Bertz CT molecular complexity index is 949. The molecule has 0 atom stereocenters. The number of benzene rings is 2. The lowest BCUT2D eigenvalue weighted by Gasteiger charge is -2.21.